The third-order valence-electron chi connectivity index (χ3n) is 3.48. The fraction of sp³-hybridized carbons (Fsp3) is 0.550. The van der Waals surface area contributed by atoms with Gasteiger partial charge in [0.2, 0.25) is 0 Å². The molecule has 2 heteroatoms. The standard InChI is InChI=1S/C20H32O2/c1-3-5-6-7-8-9-10-11-12-13-14-15-16-17-18-19(4-2)20(21)22/h5-6,8-9,11-12,14-15,19H,3-4,7,10,13,16-18H2,1-2H3,(H,21,22). The number of hydrogen-bond donors (Lipinski definition) is 1. The molecule has 0 aliphatic heterocycles. The van der Waals surface area contributed by atoms with Crippen molar-refractivity contribution < 1.29 is 9.90 Å². The molecule has 0 radical (unpaired) electrons. The van der Waals surface area contributed by atoms with Crippen LogP contribution < -0.4 is 0 Å². The number of carbonyl (C=O) groups is 1. The van der Waals surface area contributed by atoms with Crippen molar-refractivity contribution in [2.75, 3.05) is 0 Å². The molecule has 1 N–H and O–H groups in total. The summed E-state index contributed by atoms with van der Waals surface area (Å²) >= 11 is 0. The zero-order valence-corrected chi connectivity index (χ0v) is 14.2. The molecule has 1 unspecified atom stereocenters. The Morgan fingerprint density at radius 1 is 0.864 bits per heavy atom. The second-order valence-electron chi connectivity index (χ2n) is 5.38. The van der Waals surface area contributed by atoms with Gasteiger partial charge in [-0.25, -0.2) is 0 Å². The number of unbranched alkanes of at least 4 members (excludes halogenated alkanes) is 1. The maximum Gasteiger partial charge on any atom is 0.306 e. The maximum absolute atomic E-state index is 10.9. The van der Waals surface area contributed by atoms with Crippen LogP contribution in [0.5, 0.6) is 0 Å². The Morgan fingerprint density at radius 3 is 1.82 bits per heavy atom. The highest BCUT2D eigenvalue weighted by Gasteiger charge is 2.13. The van der Waals surface area contributed by atoms with Crippen molar-refractivity contribution in [3.8, 4) is 0 Å². The molecule has 22 heavy (non-hydrogen) atoms. The topological polar surface area (TPSA) is 37.3 Å². The summed E-state index contributed by atoms with van der Waals surface area (Å²) in [5.41, 5.74) is 0. The molecule has 0 saturated heterocycles. The molecule has 124 valence electrons. The number of rotatable bonds is 13. The van der Waals surface area contributed by atoms with E-state index in [1.807, 2.05) is 6.92 Å². The molecule has 0 heterocycles. The average Bonchev–Trinajstić information content (AvgIpc) is 2.51. The van der Waals surface area contributed by atoms with Gasteiger partial charge in [-0.15, -0.1) is 0 Å². The minimum atomic E-state index is -0.660. The van der Waals surface area contributed by atoms with Gasteiger partial charge in [0.25, 0.3) is 0 Å². The van der Waals surface area contributed by atoms with Gasteiger partial charge in [0.15, 0.2) is 0 Å². The lowest BCUT2D eigenvalue weighted by Gasteiger charge is -2.07. The Hall–Kier alpha value is -1.57. The first kappa shape index (κ1) is 20.4. The molecule has 0 aliphatic rings. The average molecular weight is 304 g/mol. The third kappa shape index (κ3) is 13.4. The van der Waals surface area contributed by atoms with Crippen LogP contribution in [0, 0.1) is 5.92 Å². The van der Waals surface area contributed by atoms with Gasteiger partial charge in [-0.05, 0) is 51.4 Å². The molecule has 1 atom stereocenters. The van der Waals surface area contributed by atoms with Crippen LogP contribution in [0.15, 0.2) is 48.6 Å². The van der Waals surface area contributed by atoms with Crippen molar-refractivity contribution >= 4 is 5.97 Å². The summed E-state index contributed by atoms with van der Waals surface area (Å²) in [6, 6.07) is 0. The SMILES string of the molecule is CCC=CCC=CCC=CCC=CCCCC(CC)C(=O)O. The Labute approximate surface area is 136 Å². The monoisotopic (exact) mass is 304 g/mol. The molecular formula is C20H32O2. The van der Waals surface area contributed by atoms with E-state index >= 15 is 0 Å². The van der Waals surface area contributed by atoms with Crippen molar-refractivity contribution in [2.45, 2.75) is 65.2 Å². The number of allylic oxidation sites excluding steroid dienone is 8. The van der Waals surface area contributed by atoms with Crippen LogP contribution in [-0.2, 0) is 4.79 Å². The second kappa shape index (κ2) is 15.8. The molecule has 0 saturated carbocycles. The molecule has 0 aromatic rings. The molecule has 0 bridgehead atoms. The van der Waals surface area contributed by atoms with Gasteiger partial charge in [0.1, 0.15) is 0 Å². The summed E-state index contributed by atoms with van der Waals surface area (Å²) in [7, 11) is 0. The predicted octanol–water partition coefficient (Wildman–Crippen LogP) is 6.07. The Morgan fingerprint density at radius 2 is 1.36 bits per heavy atom. The van der Waals surface area contributed by atoms with Crippen LogP contribution >= 0.6 is 0 Å². The van der Waals surface area contributed by atoms with Crippen LogP contribution in [0.1, 0.15) is 65.2 Å². The normalized spacial score (nSPS) is 13.9. The van der Waals surface area contributed by atoms with Crippen molar-refractivity contribution in [3.63, 3.8) is 0 Å². The molecule has 0 spiro atoms. The van der Waals surface area contributed by atoms with Crippen LogP contribution in [0.4, 0.5) is 0 Å². The van der Waals surface area contributed by atoms with Crippen LogP contribution in [0.2, 0.25) is 0 Å². The summed E-state index contributed by atoms with van der Waals surface area (Å²) in [5, 5.41) is 8.94. The van der Waals surface area contributed by atoms with Crippen molar-refractivity contribution in [2.24, 2.45) is 5.92 Å². The van der Waals surface area contributed by atoms with Crippen LogP contribution in [0.3, 0.4) is 0 Å². The highest BCUT2D eigenvalue weighted by atomic mass is 16.4. The van der Waals surface area contributed by atoms with Gasteiger partial charge in [-0.1, -0.05) is 62.5 Å². The first-order chi connectivity index (χ1) is 10.7. The Kier molecular flexibility index (Phi) is 14.7. The zero-order valence-electron chi connectivity index (χ0n) is 14.2. The fourth-order valence-electron chi connectivity index (χ4n) is 2.08. The molecule has 0 rings (SSSR count). The van der Waals surface area contributed by atoms with E-state index < -0.39 is 5.97 Å². The zero-order chi connectivity index (χ0) is 16.5. The lowest BCUT2D eigenvalue weighted by Crippen LogP contribution is -2.11. The molecule has 0 fully saturated rings. The van der Waals surface area contributed by atoms with Gasteiger partial charge in [0.05, 0.1) is 5.92 Å². The van der Waals surface area contributed by atoms with Crippen LogP contribution in [-0.4, -0.2) is 11.1 Å². The fourth-order valence-corrected chi connectivity index (χ4v) is 2.08. The number of aliphatic carboxylic acids is 1. The van der Waals surface area contributed by atoms with E-state index in [9.17, 15) is 4.79 Å². The van der Waals surface area contributed by atoms with E-state index in [1.54, 1.807) is 0 Å². The number of carboxylic acids is 1. The molecule has 0 aromatic carbocycles. The van der Waals surface area contributed by atoms with E-state index in [-0.39, 0.29) is 5.92 Å². The third-order valence-corrected chi connectivity index (χ3v) is 3.48. The highest BCUT2D eigenvalue weighted by Crippen LogP contribution is 2.12. The predicted molar refractivity (Wildman–Crippen MR) is 96.0 cm³/mol. The molecule has 0 amide bonds. The van der Waals surface area contributed by atoms with Crippen molar-refractivity contribution in [1.82, 2.24) is 0 Å². The summed E-state index contributed by atoms with van der Waals surface area (Å²) in [6.45, 7) is 4.08. The van der Waals surface area contributed by atoms with Crippen molar-refractivity contribution in [1.29, 1.82) is 0 Å². The van der Waals surface area contributed by atoms with E-state index in [4.69, 9.17) is 5.11 Å². The van der Waals surface area contributed by atoms with E-state index in [0.29, 0.717) is 0 Å². The number of hydrogen-bond acceptors (Lipinski definition) is 1. The lowest BCUT2D eigenvalue weighted by molar-refractivity contribution is -0.142. The van der Waals surface area contributed by atoms with E-state index in [2.05, 4.69) is 55.5 Å². The van der Waals surface area contributed by atoms with Gasteiger partial charge >= 0.3 is 5.97 Å². The molecule has 2 nitrogen and oxygen atoms in total. The largest absolute Gasteiger partial charge is 0.481 e. The Balaban J connectivity index is 3.56. The molecule has 0 aromatic heterocycles. The van der Waals surface area contributed by atoms with E-state index in [1.165, 1.54) is 0 Å². The number of carboxylic acid groups (broad SMARTS) is 1. The summed E-state index contributed by atoms with van der Waals surface area (Å²) in [6.07, 6.45) is 25.0. The Bertz CT molecular complexity index is 375. The van der Waals surface area contributed by atoms with Gasteiger partial charge in [-0.2, -0.15) is 0 Å². The highest BCUT2D eigenvalue weighted by molar-refractivity contribution is 5.69. The minimum Gasteiger partial charge on any atom is -0.481 e. The quantitative estimate of drug-likeness (QED) is 0.331. The summed E-state index contributed by atoms with van der Waals surface area (Å²) in [4.78, 5) is 10.9. The van der Waals surface area contributed by atoms with Gasteiger partial charge in [-0.3, -0.25) is 4.79 Å². The first-order valence-corrected chi connectivity index (χ1v) is 8.55. The van der Waals surface area contributed by atoms with Gasteiger partial charge < -0.3 is 5.11 Å². The minimum absolute atomic E-state index is 0.174. The van der Waals surface area contributed by atoms with E-state index in [0.717, 1.165) is 51.4 Å². The lowest BCUT2D eigenvalue weighted by atomic mass is 9.99. The summed E-state index contributed by atoms with van der Waals surface area (Å²) in [5.74, 6) is -0.833. The molecule has 0 aliphatic carbocycles. The van der Waals surface area contributed by atoms with Crippen LogP contribution in [0.25, 0.3) is 0 Å². The first-order valence-electron chi connectivity index (χ1n) is 8.55. The second-order valence-corrected chi connectivity index (χ2v) is 5.38. The molecular weight excluding hydrogens is 272 g/mol. The maximum atomic E-state index is 10.9. The van der Waals surface area contributed by atoms with Gasteiger partial charge in [0, 0.05) is 0 Å². The smallest absolute Gasteiger partial charge is 0.306 e. The summed E-state index contributed by atoms with van der Waals surface area (Å²) < 4.78 is 0. The van der Waals surface area contributed by atoms with Crippen molar-refractivity contribution in [3.05, 3.63) is 48.6 Å².